The fraction of sp³-hybridized carbons (Fsp3) is 0.951. The van der Waals surface area contributed by atoms with Gasteiger partial charge in [0, 0.05) is 69.7 Å². The molecule has 12 fully saturated rings. The van der Waals surface area contributed by atoms with Crippen LogP contribution in [0.1, 0.15) is 212 Å². The molecule has 0 heterocycles. The molecule has 0 radical (unpaired) electrons. The lowest BCUT2D eigenvalue weighted by atomic mass is 9.65. The van der Waals surface area contributed by atoms with Crippen molar-refractivity contribution < 1.29 is 136 Å². The highest BCUT2D eigenvalue weighted by atomic mass is 28.4. The number of fused-ring (bicyclic) bond motifs is 22. The van der Waals surface area contributed by atoms with E-state index in [-0.39, 0.29) is 64.6 Å². The molecule has 12 saturated carbocycles. The van der Waals surface area contributed by atoms with E-state index in [1.54, 1.807) is 56.9 Å². The number of halogens is 12. The van der Waals surface area contributed by atoms with Crippen molar-refractivity contribution >= 4 is 58.5 Å². The first kappa shape index (κ1) is 104. The molecule has 0 aromatic heterocycles. The van der Waals surface area contributed by atoms with Crippen molar-refractivity contribution in [3.05, 3.63) is 0 Å². The molecule has 0 saturated heterocycles. The molecule has 12 aliphatic carbocycles. The van der Waals surface area contributed by atoms with Crippen LogP contribution >= 0.6 is 0 Å². The summed E-state index contributed by atoms with van der Waals surface area (Å²) in [5.74, 6) is 7.59. The molecule has 0 spiro atoms. The molecule has 18 nitrogen and oxygen atoms in total. The summed E-state index contributed by atoms with van der Waals surface area (Å²) in [6.07, 6.45) is -11.2. The van der Waals surface area contributed by atoms with Crippen LogP contribution in [0, 0.1) is 118 Å². The molecule has 0 aromatic carbocycles. The van der Waals surface area contributed by atoms with E-state index in [0.717, 1.165) is 74.0 Å². The Morgan fingerprint density at radius 2 is 0.560 bits per heavy atom. The topological polar surface area (TPSA) is 197 Å². The predicted molar refractivity (Wildman–Crippen MR) is 424 cm³/mol. The number of ether oxygens (including phenoxy) is 6. The smallest absolute Gasteiger partial charge is 0.460 e. The number of esters is 2. The fourth-order valence-electron chi connectivity index (χ4n) is 20.7. The third-order valence-electron chi connectivity index (χ3n) is 26.8. The molecule has 12 rings (SSSR count). The average Bonchev–Trinajstić information content (AvgIpc) is 1.54. The number of carbonyl (C=O) groups is 4. The van der Waals surface area contributed by atoms with Gasteiger partial charge in [0.1, 0.15) is 22.4 Å². The lowest BCUT2D eigenvalue weighted by Crippen LogP contribution is -2.61. The molecule has 12 aliphatic rings. The average molecular weight is 1760 g/mol. The van der Waals surface area contributed by atoms with E-state index >= 15 is 0 Å². The Morgan fingerprint density at radius 1 is 0.276 bits per heavy atom. The second-order valence-electron chi connectivity index (χ2n) is 40.3. The van der Waals surface area contributed by atoms with Crippen molar-refractivity contribution in [1.82, 2.24) is 0 Å². The van der Waals surface area contributed by atoms with Crippen LogP contribution < -0.4 is 0 Å². The zero-order valence-corrected chi connectivity index (χ0v) is 78.6. The van der Waals surface area contributed by atoms with Crippen LogP contribution in [0.15, 0.2) is 0 Å². The lowest BCUT2D eigenvalue weighted by molar-refractivity contribution is -0.375. The van der Waals surface area contributed by atoms with Crippen LogP contribution in [-0.4, -0.2) is 174 Å². The van der Waals surface area contributed by atoms with Crippen molar-refractivity contribution in [2.24, 2.45) is 118 Å². The minimum absolute atomic E-state index is 0.0460. The van der Waals surface area contributed by atoms with E-state index in [4.69, 9.17) is 44.9 Å². The van der Waals surface area contributed by atoms with Crippen molar-refractivity contribution in [2.45, 2.75) is 322 Å². The Bertz CT molecular complexity index is 3010. The van der Waals surface area contributed by atoms with Gasteiger partial charge in [-0.25, -0.2) is 9.59 Å². The molecule has 0 N–H and O–H groups in total. The van der Waals surface area contributed by atoms with Crippen LogP contribution in [0.3, 0.4) is 0 Å². The van der Waals surface area contributed by atoms with Crippen LogP contribution in [0.4, 0.5) is 62.3 Å². The summed E-state index contributed by atoms with van der Waals surface area (Å²) in [5, 5.41) is 0. The molecule has 0 aromatic rings. The Kier molecular flexibility index (Phi) is 35.4. The molecule has 680 valence electrons. The Hall–Kier alpha value is -2.81. The maximum Gasteiger partial charge on any atom is 0.510 e. The maximum absolute atomic E-state index is 13.9. The second kappa shape index (κ2) is 39.6. The highest BCUT2D eigenvalue weighted by Gasteiger charge is 2.78. The summed E-state index contributed by atoms with van der Waals surface area (Å²) >= 11 is 0. The lowest BCUT2D eigenvalue weighted by Gasteiger charge is -2.43. The number of hydrogen-bond acceptors (Lipinski definition) is 18. The van der Waals surface area contributed by atoms with Gasteiger partial charge in [-0.15, -0.1) is 0 Å². The SMILES string of the molecule is CC(C)(C)OC(=O)C1CC2CC1C1C3CCC(C3)C21.CC(C)(C)OC(=O)C1CC2CCC1C2.CC(C)(C)OC(=O)OC(CC1CC2CC1C1C3CCC(C3)C21)(C(F)(F)F)C(F)(F)F.CC(C)(C)OC(=O)OC(CC1CC2CCC1C2)(C(F)(F)F)C(F)(F)F.CO[Si](C)(C)OC.CO[Si](C)(C)OC.CO[Si](C)(C)OC.CO[Si](C)(C)OC. The highest BCUT2D eigenvalue weighted by molar-refractivity contribution is 6.65. The molecule has 0 aliphatic heterocycles. The van der Waals surface area contributed by atoms with Crippen molar-refractivity contribution in [1.29, 1.82) is 0 Å². The van der Waals surface area contributed by atoms with E-state index < -0.39 is 118 Å². The van der Waals surface area contributed by atoms with Gasteiger partial charge in [-0.05, 0) is 345 Å². The van der Waals surface area contributed by atoms with Gasteiger partial charge >= 0.3 is 94.4 Å². The summed E-state index contributed by atoms with van der Waals surface area (Å²) in [6, 6.07) is 0. The van der Waals surface area contributed by atoms with Crippen LogP contribution in [0.25, 0.3) is 0 Å². The summed E-state index contributed by atoms with van der Waals surface area (Å²) in [6.45, 7) is 35.8. The van der Waals surface area contributed by atoms with Gasteiger partial charge in [0.15, 0.2) is 0 Å². The zero-order valence-electron chi connectivity index (χ0n) is 74.6. The minimum atomic E-state index is -5.79. The summed E-state index contributed by atoms with van der Waals surface area (Å²) < 4.78 is 233. The number of alkyl halides is 12. The van der Waals surface area contributed by atoms with Crippen molar-refractivity contribution in [2.75, 3.05) is 56.9 Å². The standard InChI is InChI=1S/C21H28F6O3.C17H26O2.C16H22F6O3.C12H20O2.4C4H12O2Si/c1-18(2,3)29-17(28)30-19(20(22,23)24,21(25,26)27)9-13-7-12-8-14(13)16-11-5-4-10(6-11)15(12)16;1-17(2,3)19-16(18)13-8-11-7-12(13)15-10-5-4-9(6-10)14(11)15;1-13(2,3)24-12(23)25-14(15(17,18)19,16(20,21)22)8-11-7-9-4-5-10(11)6-9;1-12(2,3)14-11(13)10-7-8-4-5-9(10)6-8;4*1-5-7(3,4)6-2/h10-16H,4-9H2,1-3H3;9-15H,4-8H2,1-3H3;9-11H,4-8H2,1-3H3;8-10H,4-7H2,1-3H3;4*1-4H3. The molecular formula is C82H144F12O18Si4. The molecule has 0 amide bonds. The normalized spacial score (nSPS) is 31.3. The zero-order chi connectivity index (χ0) is 88.9. The van der Waals surface area contributed by atoms with Gasteiger partial charge in [-0.3, -0.25) is 9.59 Å². The van der Waals surface area contributed by atoms with Crippen molar-refractivity contribution in [3.63, 3.8) is 0 Å². The number of carbonyl (C=O) groups excluding carboxylic acids is 4. The summed E-state index contributed by atoms with van der Waals surface area (Å²) in [7, 11) is 6.81. The van der Waals surface area contributed by atoms with E-state index in [9.17, 15) is 71.9 Å². The van der Waals surface area contributed by atoms with Gasteiger partial charge in [0.05, 0.1) is 11.8 Å². The Balaban J connectivity index is 0.000000253. The molecular weight excluding hydrogens is 1610 g/mol. The van der Waals surface area contributed by atoms with E-state index in [1.165, 1.54) is 86.5 Å². The Labute approximate surface area is 688 Å². The molecule has 20 atom stereocenters. The largest absolute Gasteiger partial charge is 0.510 e. The van der Waals surface area contributed by atoms with Crippen LogP contribution in [0.5, 0.6) is 0 Å². The monoisotopic (exact) mass is 1760 g/mol. The first-order valence-corrected chi connectivity index (χ1v) is 52.9. The fourth-order valence-corrected chi connectivity index (χ4v) is 21.4. The Morgan fingerprint density at radius 3 is 0.845 bits per heavy atom. The molecule has 34 heteroatoms. The highest BCUT2D eigenvalue weighted by Crippen LogP contribution is 2.72. The van der Waals surface area contributed by atoms with E-state index in [0.29, 0.717) is 61.7 Å². The first-order valence-electron chi connectivity index (χ1n) is 41.6. The number of hydrogen-bond donors (Lipinski definition) is 0. The van der Waals surface area contributed by atoms with Gasteiger partial charge in [0.25, 0.3) is 0 Å². The first-order chi connectivity index (χ1) is 52.7. The quantitative estimate of drug-likeness (QED) is 0.0464. The predicted octanol–water partition coefficient (Wildman–Crippen LogP) is 22.5. The van der Waals surface area contributed by atoms with Gasteiger partial charge < -0.3 is 63.8 Å². The summed E-state index contributed by atoms with van der Waals surface area (Å²) in [5.41, 5.74) is -12.3. The van der Waals surface area contributed by atoms with E-state index in [2.05, 4.69) is 18.9 Å². The van der Waals surface area contributed by atoms with Crippen LogP contribution in [0.2, 0.25) is 52.4 Å². The van der Waals surface area contributed by atoms with Gasteiger partial charge in [-0.1, -0.05) is 12.8 Å². The van der Waals surface area contributed by atoms with Gasteiger partial charge in [-0.2, -0.15) is 52.7 Å². The third-order valence-corrected chi connectivity index (χ3v) is 34.7. The molecule has 12 bridgehead atoms. The minimum Gasteiger partial charge on any atom is -0.460 e. The van der Waals surface area contributed by atoms with E-state index in [1.807, 2.05) is 93.9 Å². The second-order valence-corrected chi connectivity index (χ2v) is 54.8. The van der Waals surface area contributed by atoms with Crippen molar-refractivity contribution in [3.8, 4) is 0 Å². The number of rotatable bonds is 16. The molecule has 20 unspecified atom stereocenters. The third kappa shape index (κ3) is 27.6. The maximum atomic E-state index is 13.9. The van der Waals surface area contributed by atoms with Gasteiger partial charge in [0.2, 0.25) is 0 Å². The van der Waals surface area contributed by atoms with Crippen LogP contribution in [-0.2, 0) is 73.4 Å². The molecule has 116 heavy (non-hydrogen) atoms. The summed E-state index contributed by atoms with van der Waals surface area (Å²) in [4.78, 5) is 47.9.